The number of hydrazine groups is 1. The second-order valence-electron chi connectivity index (χ2n) is 2.14. The van der Waals surface area contributed by atoms with Gasteiger partial charge >= 0.3 is 0 Å². The number of allylic oxidation sites excluding steroid dienone is 1. The van der Waals surface area contributed by atoms with Crippen LogP contribution in [0.3, 0.4) is 0 Å². The summed E-state index contributed by atoms with van der Waals surface area (Å²) in [5, 5.41) is 2.00. The molecule has 0 saturated carbocycles. The van der Waals surface area contributed by atoms with Crippen LogP contribution in [0.1, 0.15) is 13.8 Å². The third-order valence-corrected chi connectivity index (χ3v) is 1.30. The van der Waals surface area contributed by atoms with Crippen LogP contribution in [0.4, 0.5) is 0 Å². The van der Waals surface area contributed by atoms with Crippen molar-refractivity contribution in [2.24, 2.45) is 0 Å². The minimum Gasteiger partial charge on any atom is -0.323 e. The molecule has 2 heteroatoms. The van der Waals surface area contributed by atoms with Crippen molar-refractivity contribution in [1.29, 1.82) is 0 Å². The Balaban J connectivity index is 2.56. The molecular weight excluding hydrogens is 100 g/mol. The number of likely N-dealkylation sites (N-methyl/N-ethyl adjacent to an activating group) is 1. The van der Waals surface area contributed by atoms with E-state index in [0.717, 1.165) is 0 Å². The molecule has 1 heterocycles. The molecule has 0 atom stereocenters. The number of nitrogens with one attached hydrogen (secondary N) is 1. The lowest BCUT2D eigenvalue weighted by Crippen LogP contribution is -2.27. The smallest absolute Gasteiger partial charge is 0.0803 e. The first-order chi connectivity index (χ1) is 3.70. The second-order valence-corrected chi connectivity index (χ2v) is 2.14. The van der Waals surface area contributed by atoms with Crippen molar-refractivity contribution in [3.05, 3.63) is 17.8 Å². The second kappa shape index (κ2) is 1.78. The molecular formula is C6H11N2. The van der Waals surface area contributed by atoms with Crippen LogP contribution in [0.25, 0.3) is 0 Å². The van der Waals surface area contributed by atoms with Gasteiger partial charge in [-0.1, -0.05) is 0 Å². The standard InChI is InChI=1S/C6H11N2/c1-5-4-6(2)8(3)7-5/h4,7H,1-3H3. The summed E-state index contributed by atoms with van der Waals surface area (Å²) < 4.78 is 0. The third-order valence-electron chi connectivity index (χ3n) is 1.30. The van der Waals surface area contributed by atoms with E-state index in [4.69, 9.17) is 0 Å². The van der Waals surface area contributed by atoms with Crippen molar-refractivity contribution in [2.75, 3.05) is 7.05 Å². The van der Waals surface area contributed by atoms with Gasteiger partial charge in [0.1, 0.15) is 0 Å². The third kappa shape index (κ3) is 0.842. The number of hydrogen-bond acceptors (Lipinski definition) is 2. The van der Waals surface area contributed by atoms with E-state index in [0.29, 0.717) is 0 Å². The Kier molecular flexibility index (Phi) is 1.26. The van der Waals surface area contributed by atoms with E-state index in [1.165, 1.54) is 11.7 Å². The highest BCUT2D eigenvalue weighted by Crippen LogP contribution is 2.13. The van der Waals surface area contributed by atoms with Gasteiger partial charge in [-0.05, 0) is 19.9 Å². The maximum atomic E-state index is 3.12. The summed E-state index contributed by atoms with van der Waals surface area (Å²) in [6, 6.07) is 1.27. The van der Waals surface area contributed by atoms with Crippen molar-refractivity contribution in [2.45, 2.75) is 13.8 Å². The summed E-state index contributed by atoms with van der Waals surface area (Å²) in [6.07, 6.45) is 2.11. The van der Waals surface area contributed by atoms with Gasteiger partial charge in [0.25, 0.3) is 0 Å². The van der Waals surface area contributed by atoms with E-state index in [9.17, 15) is 0 Å². The van der Waals surface area contributed by atoms with Gasteiger partial charge in [0, 0.05) is 12.7 Å². The van der Waals surface area contributed by atoms with Crippen LogP contribution in [-0.4, -0.2) is 12.1 Å². The van der Waals surface area contributed by atoms with E-state index in [-0.39, 0.29) is 0 Å². The van der Waals surface area contributed by atoms with E-state index in [2.05, 4.69) is 18.4 Å². The van der Waals surface area contributed by atoms with Crippen molar-refractivity contribution in [3.63, 3.8) is 0 Å². The van der Waals surface area contributed by atoms with Crippen LogP contribution in [-0.2, 0) is 0 Å². The number of hydrogen-bond donors (Lipinski definition) is 1. The lowest BCUT2D eigenvalue weighted by molar-refractivity contribution is 0.326. The summed E-state index contributed by atoms with van der Waals surface area (Å²) in [7, 11) is 2.00. The quantitative estimate of drug-likeness (QED) is 0.499. The van der Waals surface area contributed by atoms with Gasteiger partial charge in [-0.2, -0.15) is 0 Å². The molecule has 0 spiro atoms. The van der Waals surface area contributed by atoms with E-state index in [1.807, 2.05) is 19.0 Å². The maximum absolute atomic E-state index is 3.12. The molecule has 0 saturated heterocycles. The molecule has 0 aromatic rings. The lowest BCUT2D eigenvalue weighted by atomic mass is 10.3. The van der Waals surface area contributed by atoms with Crippen molar-refractivity contribution in [3.8, 4) is 0 Å². The first kappa shape index (κ1) is 5.63. The predicted octanol–water partition coefficient (Wildman–Crippen LogP) is 0.892. The topological polar surface area (TPSA) is 15.3 Å². The number of nitrogens with zero attached hydrogens (tertiary/aromatic N) is 1. The molecule has 2 nitrogen and oxygen atoms in total. The minimum atomic E-state index is 1.21. The zero-order valence-electron chi connectivity index (χ0n) is 5.52. The summed E-state index contributed by atoms with van der Waals surface area (Å²) >= 11 is 0. The largest absolute Gasteiger partial charge is 0.323 e. The summed E-state index contributed by atoms with van der Waals surface area (Å²) in [6.45, 7) is 4.12. The average Bonchev–Trinajstić information content (AvgIpc) is 1.85. The molecule has 0 aliphatic carbocycles. The highest BCUT2D eigenvalue weighted by molar-refractivity contribution is 5.16. The van der Waals surface area contributed by atoms with Crippen molar-refractivity contribution < 1.29 is 0 Å². The van der Waals surface area contributed by atoms with Gasteiger partial charge < -0.3 is 5.43 Å². The van der Waals surface area contributed by atoms with Crippen LogP contribution < -0.4 is 5.43 Å². The molecule has 0 aromatic heterocycles. The zero-order valence-corrected chi connectivity index (χ0v) is 5.52. The fourth-order valence-corrected chi connectivity index (χ4v) is 0.795. The van der Waals surface area contributed by atoms with Gasteiger partial charge in [-0.15, -0.1) is 0 Å². The van der Waals surface area contributed by atoms with Crippen LogP contribution >= 0.6 is 0 Å². The highest BCUT2D eigenvalue weighted by Gasteiger charge is 2.12. The Hall–Kier alpha value is -0.500. The first-order valence-corrected chi connectivity index (χ1v) is 2.72. The fraction of sp³-hybridized carbons (Fsp3) is 0.500. The Labute approximate surface area is 50.1 Å². The SMILES string of the molecule is C[C]1C=C(C)NN1C. The molecule has 1 N–H and O–H groups in total. The first-order valence-electron chi connectivity index (χ1n) is 2.72. The fourth-order valence-electron chi connectivity index (χ4n) is 0.795. The predicted molar refractivity (Wildman–Crippen MR) is 33.6 cm³/mol. The summed E-state index contributed by atoms with van der Waals surface area (Å²) in [5.41, 5.74) is 4.34. The molecule has 1 radical (unpaired) electrons. The van der Waals surface area contributed by atoms with Gasteiger partial charge in [0.2, 0.25) is 0 Å². The van der Waals surface area contributed by atoms with E-state index < -0.39 is 0 Å². The molecule has 0 amide bonds. The number of rotatable bonds is 0. The van der Waals surface area contributed by atoms with Crippen LogP contribution in [0.15, 0.2) is 11.8 Å². The van der Waals surface area contributed by atoms with Gasteiger partial charge in [0.05, 0.1) is 6.04 Å². The van der Waals surface area contributed by atoms with Crippen molar-refractivity contribution in [1.82, 2.24) is 10.4 Å². The Morgan fingerprint density at radius 3 is 2.25 bits per heavy atom. The molecule has 0 unspecified atom stereocenters. The summed E-state index contributed by atoms with van der Waals surface area (Å²) in [5.74, 6) is 0. The molecule has 45 valence electrons. The molecule has 1 aliphatic rings. The molecule has 0 aromatic carbocycles. The van der Waals surface area contributed by atoms with E-state index >= 15 is 0 Å². The molecule has 0 bridgehead atoms. The summed E-state index contributed by atoms with van der Waals surface area (Å²) in [4.78, 5) is 0. The highest BCUT2D eigenvalue weighted by atomic mass is 15.5. The van der Waals surface area contributed by atoms with Crippen molar-refractivity contribution >= 4 is 0 Å². The zero-order chi connectivity index (χ0) is 6.15. The molecule has 0 fully saturated rings. The Morgan fingerprint density at radius 1 is 1.50 bits per heavy atom. The van der Waals surface area contributed by atoms with Gasteiger partial charge in [-0.3, -0.25) is 0 Å². The molecule has 8 heavy (non-hydrogen) atoms. The van der Waals surface area contributed by atoms with Crippen LogP contribution in [0.2, 0.25) is 0 Å². The van der Waals surface area contributed by atoms with Crippen LogP contribution in [0, 0.1) is 6.04 Å². The van der Waals surface area contributed by atoms with Gasteiger partial charge in [-0.25, -0.2) is 5.01 Å². The van der Waals surface area contributed by atoms with E-state index in [1.54, 1.807) is 0 Å². The Bertz CT molecular complexity index is 118. The molecule has 1 rings (SSSR count). The Morgan fingerprint density at radius 2 is 2.12 bits per heavy atom. The van der Waals surface area contributed by atoms with Gasteiger partial charge in [0.15, 0.2) is 0 Å². The van der Waals surface area contributed by atoms with Crippen LogP contribution in [0.5, 0.6) is 0 Å². The monoisotopic (exact) mass is 111 g/mol. The normalized spacial score (nSPS) is 23.1. The minimum absolute atomic E-state index is 1.21. The maximum Gasteiger partial charge on any atom is 0.0803 e. The average molecular weight is 111 g/mol. The molecule has 1 aliphatic heterocycles. The lowest BCUT2D eigenvalue weighted by Gasteiger charge is -2.13.